The predicted molar refractivity (Wildman–Crippen MR) is 110 cm³/mol. The van der Waals surface area contributed by atoms with Gasteiger partial charge in [0.1, 0.15) is 5.01 Å². The van der Waals surface area contributed by atoms with Gasteiger partial charge in [0.15, 0.2) is 5.96 Å². The standard InChI is InChI=1S/C16H29N5S.HI/c1-13-10-18-14(22-13)11-19-15(17-4)20-12-16(2,3)21-8-6-5-7-9-21;/h10H,5-9,11-12H2,1-4H3,(H2,17,19,20);1H. The molecule has 0 atom stereocenters. The van der Waals surface area contributed by atoms with Gasteiger partial charge in [-0.25, -0.2) is 4.98 Å². The van der Waals surface area contributed by atoms with E-state index in [-0.39, 0.29) is 29.5 Å². The minimum absolute atomic E-state index is 0. The summed E-state index contributed by atoms with van der Waals surface area (Å²) in [5.41, 5.74) is 0.149. The molecule has 1 aromatic rings. The van der Waals surface area contributed by atoms with Crippen molar-refractivity contribution in [3.63, 3.8) is 0 Å². The number of nitrogens with one attached hydrogen (secondary N) is 2. The minimum Gasteiger partial charge on any atom is -0.355 e. The average Bonchev–Trinajstić information content (AvgIpc) is 2.94. The van der Waals surface area contributed by atoms with Crippen LogP contribution in [0, 0.1) is 6.92 Å². The number of aryl methyl sites for hydroxylation is 1. The van der Waals surface area contributed by atoms with Crippen LogP contribution in [0.2, 0.25) is 0 Å². The van der Waals surface area contributed by atoms with E-state index in [0.29, 0.717) is 0 Å². The molecule has 2 heterocycles. The fourth-order valence-electron chi connectivity index (χ4n) is 2.77. The summed E-state index contributed by atoms with van der Waals surface area (Å²) in [5.74, 6) is 0.845. The molecule has 0 unspecified atom stereocenters. The molecule has 1 fully saturated rings. The Morgan fingerprint density at radius 3 is 2.57 bits per heavy atom. The van der Waals surface area contributed by atoms with Crippen LogP contribution in [0.25, 0.3) is 0 Å². The second-order valence-corrected chi connectivity index (χ2v) is 7.82. The highest BCUT2D eigenvalue weighted by Crippen LogP contribution is 2.19. The lowest BCUT2D eigenvalue weighted by Crippen LogP contribution is -2.54. The molecule has 0 amide bonds. The smallest absolute Gasteiger partial charge is 0.191 e. The van der Waals surface area contributed by atoms with Crippen LogP contribution in [0.5, 0.6) is 0 Å². The maximum atomic E-state index is 4.37. The van der Waals surface area contributed by atoms with Gasteiger partial charge in [0.25, 0.3) is 0 Å². The van der Waals surface area contributed by atoms with E-state index < -0.39 is 0 Å². The molecule has 0 aromatic carbocycles. The number of aliphatic imine (C=N–C) groups is 1. The van der Waals surface area contributed by atoms with Crippen LogP contribution >= 0.6 is 35.3 Å². The number of hydrogen-bond acceptors (Lipinski definition) is 4. The van der Waals surface area contributed by atoms with Gasteiger partial charge in [0, 0.05) is 30.2 Å². The molecule has 0 radical (unpaired) electrons. The summed E-state index contributed by atoms with van der Waals surface area (Å²) in [7, 11) is 1.82. The summed E-state index contributed by atoms with van der Waals surface area (Å²) >= 11 is 1.72. The zero-order valence-electron chi connectivity index (χ0n) is 14.7. The van der Waals surface area contributed by atoms with Gasteiger partial charge in [-0.2, -0.15) is 0 Å². The number of thiazole rings is 1. The van der Waals surface area contributed by atoms with E-state index in [4.69, 9.17) is 0 Å². The average molecular weight is 451 g/mol. The first-order valence-electron chi connectivity index (χ1n) is 8.12. The largest absolute Gasteiger partial charge is 0.355 e. The summed E-state index contributed by atoms with van der Waals surface area (Å²) in [6, 6.07) is 0. The third-order valence-corrected chi connectivity index (χ3v) is 5.11. The second-order valence-electron chi connectivity index (χ2n) is 6.50. The Kier molecular flexibility index (Phi) is 8.78. The molecule has 1 aromatic heterocycles. The normalized spacial score (nSPS) is 16.8. The molecule has 7 heteroatoms. The Morgan fingerprint density at radius 1 is 1.30 bits per heavy atom. The fraction of sp³-hybridized carbons (Fsp3) is 0.750. The van der Waals surface area contributed by atoms with Gasteiger partial charge in [-0.15, -0.1) is 35.3 Å². The van der Waals surface area contributed by atoms with Crippen LogP contribution in [-0.2, 0) is 6.54 Å². The number of guanidine groups is 1. The maximum absolute atomic E-state index is 4.37. The lowest BCUT2D eigenvalue weighted by atomic mass is 9.98. The van der Waals surface area contributed by atoms with E-state index >= 15 is 0 Å². The van der Waals surface area contributed by atoms with E-state index in [9.17, 15) is 0 Å². The maximum Gasteiger partial charge on any atom is 0.191 e. The van der Waals surface area contributed by atoms with Crippen molar-refractivity contribution >= 4 is 41.3 Å². The molecule has 0 saturated carbocycles. The van der Waals surface area contributed by atoms with Crippen molar-refractivity contribution in [2.45, 2.75) is 52.1 Å². The Hall–Kier alpha value is -0.410. The van der Waals surface area contributed by atoms with Gasteiger partial charge in [-0.3, -0.25) is 9.89 Å². The number of nitrogens with zero attached hydrogens (tertiary/aromatic N) is 3. The molecule has 1 aliphatic rings. The topological polar surface area (TPSA) is 52.6 Å². The monoisotopic (exact) mass is 451 g/mol. The van der Waals surface area contributed by atoms with Crippen molar-refractivity contribution in [2.75, 3.05) is 26.7 Å². The summed E-state index contributed by atoms with van der Waals surface area (Å²) in [5, 5.41) is 7.89. The first kappa shape index (κ1) is 20.6. The van der Waals surface area contributed by atoms with Crippen molar-refractivity contribution in [1.82, 2.24) is 20.5 Å². The molecule has 5 nitrogen and oxygen atoms in total. The number of likely N-dealkylation sites (tertiary alicyclic amines) is 1. The Bertz CT molecular complexity index is 494. The SMILES string of the molecule is CN=C(NCc1ncc(C)s1)NCC(C)(C)N1CCCCC1.I. The van der Waals surface area contributed by atoms with Gasteiger partial charge in [0.05, 0.1) is 6.54 Å². The van der Waals surface area contributed by atoms with Crippen LogP contribution in [-0.4, -0.2) is 48.1 Å². The number of piperidine rings is 1. The number of hydrogen-bond donors (Lipinski definition) is 2. The molecule has 0 spiro atoms. The van der Waals surface area contributed by atoms with Gasteiger partial charge >= 0.3 is 0 Å². The van der Waals surface area contributed by atoms with Gasteiger partial charge in [0.2, 0.25) is 0 Å². The van der Waals surface area contributed by atoms with Crippen LogP contribution < -0.4 is 10.6 Å². The zero-order valence-corrected chi connectivity index (χ0v) is 17.8. The van der Waals surface area contributed by atoms with Crippen molar-refractivity contribution in [3.8, 4) is 0 Å². The van der Waals surface area contributed by atoms with Crippen molar-refractivity contribution in [1.29, 1.82) is 0 Å². The zero-order chi connectivity index (χ0) is 16.0. The summed E-state index contributed by atoms with van der Waals surface area (Å²) in [6.45, 7) is 10.7. The number of rotatable bonds is 5. The predicted octanol–water partition coefficient (Wildman–Crippen LogP) is 3.00. The van der Waals surface area contributed by atoms with Crippen molar-refractivity contribution < 1.29 is 0 Å². The van der Waals surface area contributed by atoms with E-state index in [0.717, 1.165) is 24.1 Å². The Labute approximate surface area is 161 Å². The molecule has 0 aliphatic carbocycles. The fourth-order valence-corrected chi connectivity index (χ4v) is 3.50. The summed E-state index contributed by atoms with van der Waals surface area (Å²) < 4.78 is 0. The molecular formula is C16H30IN5S. The molecule has 1 aliphatic heterocycles. The Balaban J connectivity index is 0.00000264. The van der Waals surface area contributed by atoms with E-state index in [2.05, 4.69) is 46.3 Å². The van der Waals surface area contributed by atoms with Crippen LogP contribution in [0.3, 0.4) is 0 Å². The minimum atomic E-state index is 0. The third-order valence-electron chi connectivity index (χ3n) is 4.20. The van der Waals surface area contributed by atoms with Crippen LogP contribution in [0.15, 0.2) is 11.2 Å². The van der Waals surface area contributed by atoms with E-state index in [1.165, 1.54) is 37.2 Å². The van der Waals surface area contributed by atoms with Gasteiger partial charge in [-0.05, 0) is 46.7 Å². The van der Waals surface area contributed by atoms with Crippen molar-refractivity contribution in [3.05, 3.63) is 16.1 Å². The highest BCUT2D eigenvalue weighted by atomic mass is 127. The van der Waals surface area contributed by atoms with E-state index in [1.807, 2.05) is 13.2 Å². The number of halogens is 1. The summed E-state index contributed by atoms with van der Waals surface area (Å²) in [4.78, 5) is 12.5. The lowest BCUT2D eigenvalue weighted by molar-refractivity contribution is 0.0982. The number of aromatic nitrogens is 1. The van der Waals surface area contributed by atoms with Crippen LogP contribution in [0.1, 0.15) is 43.0 Å². The molecule has 0 bridgehead atoms. The van der Waals surface area contributed by atoms with Gasteiger partial charge < -0.3 is 10.6 Å². The molecular weight excluding hydrogens is 421 g/mol. The molecule has 132 valence electrons. The molecule has 2 rings (SSSR count). The first-order valence-corrected chi connectivity index (χ1v) is 8.94. The van der Waals surface area contributed by atoms with Crippen molar-refractivity contribution in [2.24, 2.45) is 4.99 Å². The Morgan fingerprint density at radius 2 is 2.00 bits per heavy atom. The highest BCUT2D eigenvalue weighted by molar-refractivity contribution is 14.0. The molecule has 1 saturated heterocycles. The molecule has 2 N–H and O–H groups in total. The molecule has 23 heavy (non-hydrogen) atoms. The lowest BCUT2D eigenvalue weighted by Gasteiger charge is -2.41. The first-order chi connectivity index (χ1) is 10.5. The highest BCUT2D eigenvalue weighted by Gasteiger charge is 2.27. The van der Waals surface area contributed by atoms with Gasteiger partial charge in [-0.1, -0.05) is 6.42 Å². The third kappa shape index (κ3) is 6.54. The quantitative estimate of drug-likeness (QED) is 0.411. The summed E-state index contributed by atoms with van der Waals surface area (Å²) in [6.07, 6.45) is 5.92. The van der Waals surface area contributed by atoms with E-state index in [1.54, 1.807) is 11.3 Å². The van der Waals surface area contributed by atoms with Crippen LogP contribution in [0.4, 0.5) is 0 Å². The second kappa shape index (κ2) is 9.78.